The SMILES string of the molecule is O=C(c1ccc(CNS(=O)(=O)c2ccc(C(F)(F)F)cc2)cc1)N1CCCC1. The molecule has 5 nitrogen and oxygen atoms in total. The summed E-state index contributed by atoms with van der Waals surface area (Å²) in [5, 5.41) is 0. The molecule has 0 radical (unpaired) electrons. The first-order valence-corrected chi connectivity index (χ1v) is 10.2. The number of hydrogen-bond donors (Lipinski definition) is 1. The topological polar surface area (TPSA) is 66.5 Å². The van der Waals surface area contributed by atoms with E-state index in [1.54, 1.807) is 29.2 Å². The van der Waals surface area contributed by atoms with Gasteiger partial charge in [-0.2, -0.15) is 13.2 Å². The van der Waals surface area contributed by atoms with Gasteiger partial charge in [-0.05, 0) is 54.8 Å². The van der Waals surface area contributed by atoms with Crippen LogP contribution in [-0.2, 0) is 22.7 Å². The van der Waals surface area contributed by atoms with Crippen molar-refractivity contribution in [1.29, 1.82) is 0 Å². The molecular weight excluding hydrogens is 393 g/mol. The highest BCUT2D eigenvalue weighted by Gasteiger charge is 2.30. The van der Waals surface area contributed by atoms with E-state index in [4.69, 9.17) is 0 Å². The molecule has 28 heavy (non-hydrogen) atoms. The first-order chi connectivity index (χ1) is 13.2. The highest BCUT2D eigenvalue weighted by Crippen LogP contribution is 2.29. The number of nitrogens with zero attached hydrogens (tertiary/aromatic N) is 1. The van der Waals surface area contributed by atoms with Crippen LogP contribution in [0, 0.1) is 0 Å². The first kappa shape index (κ1) is 20.3. The van der Waals surface area contributed by atoms with E-state index in [9.17, 15) is 26.4 Å². The van der Waals surface area contributed by atoms with Gasteiger partial charge in [-0.15, -0.1) is 0 Å². The molecule has 150 valence electrons. The van der Waals surface area contributed by atoms with Crippen LogP contribution in [0.15, 0.2) is 53.4 Å². The maximum atomic E-state index is 12.6. The third-order valence-electron chi connectivity index (χ3n) is 4.55. The normalized spacial score (nSPS) is 15.0. The third kappa shape index (κ3) is 4.71. The molecule has 0 saturated carbocycles. The van der Waals surface area contributed by atoms with Gasteiger partial charge in [0.25, 0.3) is 5.91 Å². The molecule has 9 heteroatoms. The van der Waals surface area contributed by atoms with Gasteiger partial charge in [0, 0.05) is 25.2 Å². The molecule has 1 N–H and O–H groups in total. The van der Waals surface area contributed by atoms with Crippen molar-refractivity contribution in [2.45, 2.75) is 30.5 Å². The lowest BCUT2D eigenvalue weighted by molar-refractivity contribution is -0.137. The Morgan fingerprint density at radius 1 is 0.964 bits per heavy atom. The number of halogens is 3. The fourth-order valence-corrected chi connectivity index (χ4v) is 3.97. The smallest absolute Gasteiger partial charge is 0.339 e. The molecule has 0 aromatic heterocycles. The monoisotopic (exact) mass is 412 g/mol. The fraction of sp³-hybridized carbons (Fsp3) is 0.316. The van der Waals surface area contributed by atoms with E-state index in [0.717, 1.165) is 50.2 Å². The molecule has 1 fully saturated rings. The number of alkyl halides is 3. The molecular formula is C19H19F3N2O3S. The third-order valence-corrected chi connectivity index (χ3v) is 5.97. The van der Waals surface area contributed by atoms with E-state index < -0.39 is 21.8 Å². The molecule has 0 atom stereocenters. The Morgan fingerprint density at radius 2 is 1.54 bits per heavy atom. The van der Waals surface area contributed by atoms with Gasteiger partial charge < -0.3 is 4.90 Å². The van der Waals surface area contributed by atoms with Crippen LogP contribution in [0.2, 0.25) is 0 Å². The van der Waals surface area contributed by atoms with Gasteiger partial charge >= 0.3 is 6.18 Å². The maximum absolute atomic E-state index is 12.6. The second kappa shape index (κ2) is 7.92. The Kier molecular flexibility index (Phi) is 5.76. The van der Waals surface area contributed by atoms with Crippen LogP contribution in [0.25, 0.3) is 0 Å². The van der Waals surface area contributed by atoms with Crippen molar-refractivity contribution in [3.63, 3.8) is 0 Å². The zero-order chi connectivity index (χ0) is 20.4. The van der Waals surface area contributed by atoms with Gasteiger partial charge in [0.15, 0.2) is 0 Å². The average Bonchev–Trinajstić information content (AvgIpc) is 3.20. The largest absolute Gasteiger partial charge is 0.416 e. The van der Waals surface area contributed by atoms with Crippen molar-refractivity contribution in [1.82, 2.24) is 9.62 Å². The van der Waals surface area contributed by atoms with Gasteiger partial charge in [0.05, 0.1) is 10.5 Å². The van der Waals surface area contributed by atoms with Crippen LogP contribution in [0.5, 0.6) is 0 Å². The Morgan fingerprint density at radius 3 is 2.07 bits per heavy atom. The number of nitrogens with one attached hydrogen (secondary N) is 1. The molecule has 0 aliphatic carbocycles. The Labute approximate surface area is 161 Å². The minimum atomic E-state index is -4.52. The predicted molar refractivity (Wildman–Crippen MR) is 97.0 cm³/mol. The number of amides is 1. The fourth-order valence-electron chi connectivity index (χ4n) is 2.95. The molecule has 2 aromatic rings. The van der Waals surface area contributed by atoms with Crippen LogP contribution in [-0.4, -0.2) is 32.3 Å². The van der Waals surface area contributed by atoms with Crippen LogP contribution >= 0.6 is 0 Å². The van der Waals surface area contributed by atoms with Gasteiger partial charge in [-0.3, -0.25) is 4.79 Å². The summed E-state index contributed by atoms with van der Waals surface area (Å²) in [4.78, 5) is 13.8. The summed E-state index contributed by atoms with van der Waals surface area (Å²) in [6, 6.07) is 9.88. The van der Waals surface area contributed by atoms with Gasteiger partial charge in [-0.1, -0.05) is 12.1 Å². The van der Waals surface area contributed by atoms with Crippen molar-refractivity contribution in [3.05, 3.63) is 65.2 Å². The number of carbonyl (C=O) groups is 1. The highest BCUT2D eigenvalue weighted by atomic mass is 32.2. The number of carbonyl (C=O) groups excluding carboxylic acids is 1. The second-order valence-corrected chi connectivity index (χ2v) is 8.31. The quantitative estimate of drug-likeness (QED) is 0.818. The van der Waals surface area contributed by atoms with E-state index in [-0.39, 0.29) is 17.3 Å². The predicted octanol–water partition coefficient (Wildman–Crippen LogP) is 3.42. The Bertz CT molecular complexity index is 934. The number of rotatable bonds is 5. The van der Waals surface area contributed by atoms with Crippen LogP contribution in [0.4, 0.5) is 13.2 Å². The van der Waals surface area contributed by atoms with E-state index in [0.29, 0.717) is 11.1 Å². The molecule has 0 bridgehead atoms. The summed E-state index contributed by atoms with van der Waals surface area (Å²) in [6.07, 6.45) is -2.53. The molecule has 1 heterocycles. The summed E-state index contributed by atoms with van der Waals surface area (Å²) >= 11 is 0. The van der Waals surface area contributed by atoms with Crippen LogP contribution in [0.3, 0.4) is 0 Å². The van der Waals surface area contributed by atoms with Crippen molar-refractivity contribution in [3.8, 4) is 0 Å². The van der Waals surface area contributed by atoms with E-state index in [1.165, 1.54) is 0 Å². The van der Waals surface area contributed by atoms with Crippen LogP contribution < -0.4 is 4.72 Å². The van der Waals surface area contributed by atoms with Crippen molar-refractivity contribution >= 4 is 15.9 Å². The summed E-state index contributed by atoms with van der Waals surface area (Å²) < 4.78 is 64.6. The van der Waals surface area contributed by atoms with Crippen LogP contribution in [0.1, 0.15) is 34.3 Å². The summed E-state index contributed by atoms with van der Waals surface area (Å²) in [7, 11) is -3.95. The lowest BCUT2D eigenvalue weighted by Crippen LogP contribution is -2.27. The van der Waals surface area contributed by atoms with Gasteiger partial charge in [0.1, 0.15) is 0 Å². The summed E-state index contributed by atoms with van der Waals surface area (Å²) in [6.45, 7) is 1.45. The van der Waals surface area contributed by atoms with Crippen molar-refractivity contribution < 1.29 is 26.4 Å². The number of hydrogen-bond acceptors (Lipinski definition) is 3. The van der Waals surface area contributed by atoms with Gasteiger partial charge in [-0.25, -0.2) is 13.1 Å². The zero-order valence-corrected chi connectivity index (χ0v) is 15.7. The second-order valence-electron chi connectivity index (χ2n) is 6.54. The molecule has 1 aliphatic heterocycles. The zero-order valence-electron chi connectivity index (χ0n) is 14.9. The number of sulfonamides is 1. The Balaban J connectivity index is 1.63. The minimum Gasteiger partial charge on any atom is -0.339 e. The molecule has 0 spiro atoms. The van der Waals surface area contributed by atoms with Crippen molar-refractivity contribution in [2.24, 2.45) is 0 Å². The molecule has 3 rings (SSSR count). The minimum absolute atomic E-state index is 0.0401. The number of benzene rings is 2. The molecule has 2 aromatic carbocycles. The summed E-state index contributed by atoms with van der Waals surface area (Å²) in [5.41, 5.74) is 0.259. The first-order valence-electron chi connectivity index (χ1n) is 8.72. The Hall–Kier alpha value is -2.39. The standard InChI is InChI=1S/C19H19F3N2O3S/c20-19(21,22)16-7-9-17(10-8-16)28(26,27)23-13-14-3-5-15(6-4-14)18(25)24-11-1-2-12-24/h3-10,23H,1-2,11-13H2. The lowest BCUT2D eigenvalue weighted by atomic mass is 10.1. The highest BCUT2D eigenvalue weighted by molar-refractivity contribution is 7.89. The lowest BCUT2D eigenvalue weighted by Gasteiger charge is -2.15. The molecule has 1 aliphatic rings. The van der Waals surface area contributed by atoms with Gasteiger partial charge in [0.2, 0.25) is 10.0 Å². The summed E-state index contributed by atoms with van der Waals surface area (Å²) in [5.74, 6) is -0.0469. The van der Waals surface area contributed by atoms with E-state index >= 15 is 0 Å². The molecule has 1 amide bonds. The average molecular weight is 412 g/mol. The molecule has 1 saturated heterocycles. The van der Waals surface area contributed by atoms with Crippen molar-refractivity contribution in [2.75, 3.05) is 13.1 Å². The van der Waals surface area contributed by atoms with E-state index in [2.05, 4.69) is 4.72 Å². The maximum Gasteiger partial charge on any atom is 0.416 e. The molecule has 0 unspecified atom stereocenters. The van der Waals surface area contributed by atoms with E-state index in [1.807, 2.05) is 0 Å². The number of likely N-dealkylation sites (tertiary alicyclic amines) is 1.